The first-order valence-electron chi connectivity index (χ1n) is 13.8. The number of anilines is 1. The molecule has 1 atom stereocenters. The largest absolute Gasteiger partial charge is 0.354 e. The summed E-state index contributed by atoms with van der Waals surface area (Å²) in [5.41, 5.74) is 1.89. The fraction of sp³-hybridized carbons (Fsp3) is 0.355. The van der Waals surface area contributed by atoms with Crippen LogP contribution in [0.25, 0.3) is 0 Å². The Hall–Kier alpha value is -3.14. The lowest BCUT2D eigenvalue weighted by atomic mass is 10.0. The number of carbonyl (C=O) groups excluding carboxylic acids is 2. The van der Waals surface area contributed by atoms with E-state index in [1.54, 1.807) is 18.2 Å². The normalized spacial score (nSPS) is 12.0. The van der Waals surface area contributed by atoms with E-state index in [0.29, 0.717) is 27.8 Å². The highest BCUT2D eigenvalue weighted by atomic mass is 35.5. The molecule has 0 aliphatic rings. The second-order valence-corrected chi connectivity index (χ2v) is 12.8. The molecule has 0 radical (unpaired) electrons. The minimum absolute atomic E-state index is 0.00284. The molecule has 11 heteroatoms. The third-order valence-corrected chi connectivity index (χ3v) is 8.64. The highest BCUT2D eigenvalue weighted by Crippen LogP contribution is 2.25. The van der Waals surface area contributed by atoms with E-state index in [4.69, 9.17) is 23.2 Å². The van der Waals surface area contributed by atoms with Gasteiger partial charge in [-0.05, 0) is 60.4 Å². The third-order valence-electron chi connectivity index (χ3n) is 6.70. The Balaban J connectivity index is 1.88. The van der Waals surface area contributed by atoms with E-state index in [-0.39, 0.29) is 44.2 Å². The van der Waals surface area contributed by atoms with Crippen LogP contribution in [0, 0.1) is 5.82 Å². The summed E-state index contributed by atoms with van der Waals surface area (Å²) in [5, 5.41) is 3.67. The van der Waals surface area contributed by atoms with Gasteiger partial charge in [-0.1, -0.05) is 72.9 Å². The van der Waals surface area contributed by atoms with Crippen molar-refractivity contribution >= 4 is 50.7 Å². The number of amides is 2. The zero-order valence-electron chi connectivity index (χ0n) is 23.7. The zero-order valence-corrected chi connectivity index (χ0v) is 26.1. The fourth-order valence-electron chi connectivity index (χ4n) is 4.51. The summed E-state index contributed by atoms with van der Waals surface area (Å²) in [5.74, 6) is -1.08. The Bertz CT molecular complexity index is 1440. The molecule has 0 aromatic heterocycles. The molecule has 0 aliphatic heterocycles. The minimum Gasteiger partial charge on any atom is -0.354 e. The molecule has 3 aromatic carbocycles. The summed E-state index contributed by atoms with van der Waals surface area (Å²) in [4.78, 5) is 28.9. The van der Waals surface area contributed by atoms with Crippen LogP contribution in [-0.2, 0) is 32.6 Å². The first-order valence-corrected chi connectivity index (χ1v) is 16.4. The summed E-state index contributed by atoms with van der Waals surface area (Å²) < 4.78 is 39.6. The average Bonchev–Trinajstić information content (AvgIpc) is 2.95. The predicted octanol–water partition coefficient (Wildman–Crippen LogP) is 6.24. The van der Waals surface area contributed by atoms with Gasteiger partial charge in [0, 0.05) is 32.5 Å². The molecule has 0 saturated carbocycles. The third kappa shape index (κ3) is 10.00. The van der Waals surface area contributed by atoms with Gasteiger partial charge in [-0.3, -0.25) is 13.9 Å². The Kier molecular flexibility index (Phi) is 12.6. The van der Waals surface area contributed by atoms with E-state index < -0.39 is 21.9 Å². The van der Waals surface area contributed by atoms with Crippen molar-refractivity contribution < 1.29 is 22.4 Å². The zero-order chi connectivity index (χ0) is 30.7. The van der Waals surface area contributed by atoms with Gasteiger partial charge in [-0.2, -0.15) is 0 Å². The van der Waals surface area contributed by atoms with Crippen molar-refractivity contribution in [3.8, 4) is 0 Å². The number of rotatable bonds is 15. The summed E-state index contributed by atoms with van der Waals surface area (Å²) in [6.45, 7) is 2.61. The Morgan fingerprint density at radius 2 is 1.62 bits per heavy atom. The van der Waals surface area contributed by atoms with Crippen LogP contribution >= 0.6 is 23.2 Å². The molecule has 0 fully saturated rings. The van der Waals surface area contributed by atoms with Crippen LogP contribution < -0.4 is 9.62 Å². The maximum atomic E-state index is 13.8. The van der Waals surface area contributed by atoms with Crippen LogP contribution in [0.2, 0.25) is 10.0 Å². The van der Waals surface area contributed by atoms with Crippen LogP contribution in [0.3, 0.4) is 0 Å². The summed E-state index contributed by atoms with van der Waals surface area (Å²) in [7, 11) is -3.70. The SMILES string of the molecule is CCCCNC(=O)[C@@H](Cc1ccccc1)N(Cc1ccc(Cl)c(Cl)c1)C(=O)CCCN(c1ccc(F)cc1)S(C)(=O)=O. The van der Waals surface area contributed by atoms with Crippen LogP contribution in [0.4, 0.5) is 10.1 Å². The number of benzene rings is 3. The smallest absolute Gasteiger partial charge is 0.243 e. The molecule has 0 heterocycles. The molecule has 0 spiro atoms. The molecule has 226 valence electrons. The average molecular weight is 637 g/mol. The van der Waals surface area contributed by atoms with Gasteiger partial charge in [-0.25, -0.2) is 12.8 Å². The van der Waals surface area contributed by atoms with Crippen LogP contribution in [0.5, 0.6) is 0 Å². The highest BCUT2D eigenvalue weighted by Gasteiger charge is 2.30. The lowest BCUT2D eigenvalue weighted by Gasteiger charge is -2.32. The quantitative estimate of drug-likeness (QED) is 0.200. The van der Waals surface area contributed by atoms with Gasteiger partial charge in [-0.15, -0.1) is 0 Å². The predicted molar refractivity (Wildman–Crippen MR) is 167 cm³/mol. The monoisotopic (exact) mass is 635 g/mol. The summed E-state index contributed by atoms with van der Waals surface area (Å²) >= 11 is 12.4. The van der Waals surface area contributed by atoms with Crippen molar-refractivity contribution in [2.24, 2.45) is 0 Å². The van der Waals surface area contributed by atoms with Crippen LogP contribution in [0.15, 0.2) is 72.8 Å². The maximum absolute atomic E-state index is 13.8. The molecular formula is C31H36Cl2FN3O4S. The first-order chi connectivity index (χ1) is 20.0. The van der Waals surface area contributed by atoms with Gasteiger partial charge in [0.05, 0.1) is 22.0 Å². The lowest BCUT2D eigenvalue weighted by molar-refractivity contribution is -0.141. The number of halogens is 3. The van der Waals surface area contributed by atoms with Crippen LogP contribution in [-0.4, -0.2) is 50.5 Å². The van der Waals surface area contributed by atoms with Crippen molar-refractivity contribution in [2.45, 2.75) is 51.6 Å². The van der Waals surface area contributed by atoms with E-state index in [0.717, 1.165) is 29.0 Å². The van der Waals surface area contributed by atoms with Gasteiger partial charge < -0.3 is 10.2 Å². The number of nitrogens with zero attached hydrogens (tertiary/aromatic N) is 2. The van der Waals surface area contributed by atoms with Crippen molar-refractivity contribution in [3.63, 3.8) is 0 Å². The molecule has 3 rings (SSSR count). The van der Waals surface area contributed by atoms with E-state index in [9.17, 15) is 22.4 Å². The van der Waals surface area contributed by atoms with Gasteiger partial charge in [0.15, 0.2) is 0 Å². The minimum atomic E-state index is -3.70. The number of unbranched alkanes of at least 4 members (excludes halogenated alkanes) is 1. The van der Waals surface area contributed by atoms with Crippen molar-refractivity contribution in [1.82, 2.24) is 10.2 Å². The van der Waals surface area contributed by atoms with Gasteiger partial charge in [0.1, 0.15) is 11.9 Å². The van der Waals surface area contributed by atoms with Crippen molar-refractivity contribution in [2.75, 3.05) is 23.7 Å². The molecule has 1 N–H and O–H groups in total. The second-order valence-electron chi connectivity index (χ2n) is 10.0. The Morgan fingerprint density at radius 3 is 2.24 bits per heavy atom. The molecule has 0 bridgehead atoms. The number of carbonyl (C=O) groups is 2. The molecular weight excluding hydrogens is 600 g/mol. The summed E-state index contributed by atoms with van der Waals surface area (Å²) in [6.07, 6.45) is 3.20. The number of nitrogens with one attached hydrogen (secondary N) is 1. The number of hydrogen-bond donors (Lipinski definition) is 1. The van der Waals surface area contributed by atoms with Crippen molar-refractivity contribution in [1.29, 1.82) is 0 Å². The van der Waals surface area contributed by atoms with Gasteiger partial charge in [0.2, 0.25) is 21.8 Å². The van der Waals surface area contributed by atoms with E-state index in [1.807, 2.05) is 37.3 Å². The van der Waals surface area contributed by atoms with Gasteiger partial charge in [0.25, 0.3) is 0 Å². The number of hydrogen-bond acceptors (Lipinski definition) is 4. The lowest BCUT2D eigenvalue weighted by Crippen LogP contribution is -2.50. The summed E-state index contributed by atoms with van der Waals surface area (Å²) in [6, 6.07) is 18.8. The molecule has 42 heavy (non-hydrogen) atoms. The number of sulfonamides is 1. The van der Waals surface area contributed by atoms with Crippen LogP contribution in [0.1, 0.15) is 43.7 Å². The van der Waals surface area contributed by atoms with E-state index in [2.05, 4.69) is 5.32 Å². The molecule has 0 unspecified atom stereocenters. The van der Waals surface area contributed by atoms with Gasteiger partial charge >= 0.3 is 0 Å². The van der Waals surface area contributed by atoms with E-state index >= 15 is 0 Å². The topological polar surface area (TPSA) is 86.8 Å². The molecule has 2 amide bonds. The molecule has 0 saturated heterocycles. The first kappa shape index (κ1) is 33.4. The molecule has 3 aromatic rings. The molecule has 7 nitrogen and oxygen atoms in total. The maximum Gasteiger partial charge on any atom is 0.243 e. The van der Waals surface area contributed by atoms with E-state index in [1.165, 1.54) is 29.2 Å². The standard InChI is InChI=1S/C31H36Cl2FN3O4S/c1-3-4-18-35-31(39)29(21-23-9-6-5-7-10-23)36(22-24-12-17-27(32)28(33)20-24)30(38)11-8-19-37(42(2,40)41)26-15-13-25(34)14-16-26/h5-7,9-10,12-17,20,29H,3-4,8,11,18-19,21-22H2,1-2H3,(H,35,39)/t29-/m1/s1. The fourth-order valence-corrected chi connectivity index (χ4v) is 5.79. The second kappa shape index (κ2) is 15.9. The highest BCUT2D eigenvalue weighted by molar-refractivity contribution is 7.92. The molecule has 0 aliphatic carbocycles. The van der Waals surface area contributed by atoms with Crippen molar-refractivity contribution in [3.05, 3.63) is 99.8 Å². The Morgan fingerprint density at radius 1 is 0.929 bits per heavy atom. The Labute approximate surface area is 257 Å².